The van der Waals surface area contributed by atoms with E-state index in [9.17, 15) is 18.8 Å². The number of rotatable bonds is 5. The molecular weight excluding hydrogens is 343 g/mol. The Morgan fingerprint density at radius 1 is 1.19 bits per heavy atom. The van der Waals surface area contributed by atoms with Gasteiger partial charge in [-0.25, -0.2) is 9.37 Å². The van der Waals surface area contributed by atoms with Crippen LogP contribution in [0.25, 0.3) is 11.0 Å². The lowest BCUT2D eigenvalue weighted by Crippen LogP contribution is -2.37. The van der Waals surface area contributed by atoms with Crippen LogP contribution in [0.4, 0.5) is 10.1 Å². The predicted molar refractivity (Wildman–Crippen MR) is 90.8 cm³/mol. The molecule has 3 aromatic rings. The van der Waals surface area contributed by atoms with Crippen molar-refractivity contribution in [3.63, 3.8) is 0 Å². The number of aromatic nitrogens is 4. The second-order valence-corrected chi connectivity index (χ2v) is 5.51. The first-order valence-electron chi connectivity index (χ1n) is 7.63. The Morgan fingerprint density at radius 2 is 1.92 bits per heavy atom. The monoisotopic (exact) mass is 358 g/mol. The number of anilines is 1. The van der Waals surface area contributed by atoms with Gasteiger partial charge in [-0.3, -0.25) is 23.6 Å². The van der Waals surface area contributed by atoms with Crippen LogP contribution >= 0.6 is 0 Å². The van der Waals surface area contributed by atoms with Crippen LogP contribution in [0.1, 0.15) is 0 Å². The molecule has 0 unspecified atom stereocenters. The van der Waals surface area contributed by atoms with E-state index in [0.29, 0.717) is 16.7 Å². The Morgan fingerprint density at radius 3 is 2.65 bits per heavy atom. The van der Waals surface area contributed by atoms with Gasteiger partial charge in [0, 0.05) is 12.7 Å². The molecule has 0 fully saturated rings. The fourth-order valence-electron chi connectivity index (χ4n) is 2.31. The highest BCUT2D eigenvalue weighted by Crippen LogP contribution is 2.07. The molecule has 0 saturated heterocycles. The van der Waals surface area contributed by atoms with E-state index in [0.717, 1.165) is 4.57 Å². The minimum atomic E-state index is -0.522. The van der Waals surface area contributed by atoms with Crippen molar-refractivity contribution >= 4 is 28.5 Å². The van der Waals surface area contributed by atoms with Crippen LogP contribution in [0.15, 0.2) is 41.6 Å². The normalized spacial score (nSPS) is 10.7. The number of halogens is 1. The maximum atomic E-state index is 12.8. The summed E-state index contributed by atoms with van der Waals surface area (Å²) < 4.78 is 15.4. The van der Waals surface area contributed by atoms with Crippen LogP contribution in [0.5, 0.6) is 0 Å². The molecule has 0 radical (unpaired) electrons. The average molecular weight is 358 g/mol. The maximum absolute atomic E-state index is 12.8. The first-order valence-corrected chi connectivity index (χ1v) is 7.63. The number of hydrogen-bond donors (Lipinski definition) is 2. The molecular formula is C16H15FN6O3. The summed E-state index contributed by atoms with van der Waals surface area (Å²) in [6.07, 6.45) is 2.64. The molecule has 1 aromatic carbocycles. The van der Waals surface area contributed by atoms with Crippen molar-refractivity contribution in [2.24, 2.45) is 7.05 Å². The molecule has 0 aliphatic carbocycles. The van der Waals surface area contributed by atoms with Crippen LogP contribution in [-0.2, 0) is 23.2 Å². The van der Waals surface area contributed by atoms with Gasteiger partial charge in [0.1, 0.15) is 24.1 Å². The Hall–Kier alpha value is -3.56. The third-order valence-corrected chi connectivity index (χ3v) is 3.61. The summed E-state index contributed by atoms with van der Waals surface area (Å²) in [4.78, 5) is 40.1. The lowest BCUT2D eigenvalue weighted by Gasteiger charge is -2.08. The molecule has 134 valence electrons. The largest absolute Gasteiger partial charge is 0.345 e. The minimum absolute atomic E-state index is 0.277. The van der Waals surface area contributed by atoms with Crippen LogP contribution in [0.2, 0.25) is 0 Å². The van der Waals surface area contributed by atoms with Crippen molar-refractivity contribution < 1.29 is 14.0 Å². The standard InChI is InChI=1S/C16H15FN6O3/c1-22-15-12(6-20-22)16(26)23(9-19-15)8-14(25)18-7-13(24)21-11-4-2-10(17)3-5-11/h2-6,9H,7-8H2,1H3,(H,18,25)(H,21,24). The molecule has 10 heteroatoms. The smallest absolute Gasteiger partial charge is 0.264 e. The van der Waals surface area contributed by atoms with Gasteiger partial charge in [0.25, 0.3) is 5.56 Å². The Labute approximate surface area is 146 Å². The molecule has 0 bridgehead atoms. The molecule has 26 heavy (non-hydrogen) atoms. The lowest BCUT2D eigenvalue weighted by molar-refractivity contribution is -0.124. The number of carbonyl (C=O) groups is 2. The van der Waals surface area contributed by atoms with Crippen molar-refractivity contribution in [1.29, 1.82) is 0 Å². The van der Waals surface area contributed by atoms with Crippen molar-refractivity contribution in [3.8, 4) is 0 Å². The Kier molecular flexibility index (Phi) is 4.74. The molecule has 2 heterocycles. The van der Waals surface area contributed by atoms with Crippen LogP contribution in [0.3, 0.4) is 0 Å². The summed E-state index contributed by atoms with van der Waals surface area (Å²) in [6, 6.07) is 5.23. The van der Waals surface area contributed by atoms with E-state index >= 15 is 0 Å². The van der Waals surface area contributed by atoms with Crippen molar-refractivity contribution in [2.75, 3.05) is 11.9 Å². The number of aryl methyl sites for hydroxylation is 1. The molecule has 2 N–H and O–H groups in total. The third-order valence-electron chi connectivity index (χ3n) is 3.61. The summed E-state index contributed by atoms with van der Waals surface area (Å²) in [5.74, 6) is -1.41. The second-order valence-electron chi connectivity index (χ2n) is 5.51. The Bertz CT molecular complexity index is 1020. The number of benzene rings is 1. The quantitative estimate of drug-likeness (QED) is 0.668. The zero-order chi connectivity index (χ0) is 18.7. The topological polar surface area (TPSA) is 111 Å². The van der Waals surface area contributed by atoms with Gasteiger partial charge >= 0.3 is 0 Å². The van der Waals surface area contributed by atoms with Crippen LogP contribution in [0, 0.1) is 5.82 Å². The van der Waals surface area contributed by atoms with E-state index in [1.54, 1.807) is 7.05 Å². The first kappa shape index (κ1) is 17.3. The number of amides is 2. The molecule has 0 aliphatic heterocycles. The zero-order valence-corrected chi connectivity index (χ0v) is 13.8. The van der Waals surface area contributed by atoms with Gasteiger partial charge in [-0.05, 0) is 24.3 Å². The highest BCUT2D eigenvalue weighted by atomic mass is 19.1. The van der Waals surface area contributed by atoms with Gasteiger partial charge in [-0.1, -0.05) is 0 Å². The van der Waals surface area contributed by atoms with Gasteiger partial charge in [-0.2, -0.15) is 5.10 Å². The number of carbonyl (C=O) groups excluding carboxylic acids is 2. The summed E-state index contributed by atoms with van der Waals surface area (Å²) in [7, 11) is 1.66. The average Bonchev–Trinajstić information content (AvgIpc) is 2.99. The third kappa shape index (κ3) is 3.74. The molecule has 9 nitrogen and oxygen atoms in total. The number of hydrogen-bond acceptors (Lipinski definition) is 5. The lowest BCUT2D eigenvalue weighted by atomic mass is 10.3. The highest BCUT2D eigenvalue weighted by molar-refractivity contribution is 5.94. The van der Waals surface area contributed by atoms with Crippen molar-refractivity contribution in [1.82, 2.24) is 24.6 Å². The Balaban J connectivity index is 1.57. The number of nitrogens with one attached hydrogen (secondary N) is 2. The SMILES string of the molecule is Cn1ncc2c(=O)n(CC(=O)NCC(=O)Nc3ccc(F)cc3)cnc21. The van der Waals surface area contributed by atoms with Crippen molar-refractivity contribution in [3.05, 3.63) is 53.0 Å². The molecule has 3 rings (SSSR count). The summed E-state index contributed by atoms with van der Waals surface area (Å²) in [6.45, 7) is -0.561. The van der Waals surface area contributed by atoms with Gasteiger partial charge in [-0.15, -0.1) is 0 Å². The molecule has 0 spiro atoms. The van der Waals surface area contributed by atoms with E-state index in [1.165, 1.54) is 41.5 Å². The predicted octanol–water partition coefficient (Wildman–Crippen LogP) is 0.0240. The summed E-state index contributed by atoms with van der Waals surface area (Å²) >= 11 is 0. The van der Waals surface area contributed by atoms with E-state index in [1.807, 2.05) is 0 Å². The van der Waals surface area contributed by atoms with Crippen LogP contribution in [-0.4, -0.2) is 37.7 Å². The van der Waals surface area contributed by atoms with E-state index < -0.39 is 23.2 Å². The fourth-order valence-corrected chi connectivity index (χ4v) is 2.31. The summed E-state index contributed by atoms with van der Waals surface area (Å²) in [5.41, 5.74) is 0.437. The highest BCUT2D eigenvalue weighted by Gasteiger charge is 2.11. The van der Waals surface area contributed by atoms with Crippen molar-refractivity contribution in [2.45, 2.75) is 6.54 Å². The van der Waals surface area contributed by atoms with Gasteiger partial charge < -0.3 is 10.6 Å². The van der Waals surface area contributed by atoms with E-state index in [2.05, 4.69) is 20.7 Å². The maximum Gasteiger partial charge on any atom is 0.264 e. The summed E-state index contributed by atoms with van der Waals surface area (Å²) in [5, 5.41) is 9.17. The van der Waals surface area contributed by atoms with E-state index in [-0.39, 0.29) is 13.1 Å². The minimum Gasteiger partial charge on any atom is -0.345 e. The van der Waals surface area contributed by atoms with Gasteiger partial charge in [0.05, 0.1) is 12.7 Å². The van der Waals surface area contributed by atoms with Crippen LogP contribution < -0.4 is 16.2 Å². The first-order chi connectivity index (χ1) is 12.4. The van der Waals surface area contributed by atoms with Gasteiger partial charge in [0.2, 0.25) is 11.8 Å². The van der Waals surface area contributed by atoms with E-state index in [4.69, 9.17) is 0 Å². The number of nitrogens with zero attached hydrogens (tertiary/aromatic N) is 4. The van der Waals surface area contributed by atoms with Gasteiger partial charge in [0.15, 0.2) is 5.65 Å². The molecule has 0 saturated carbocycles. The molecule has 2 amide bonds. The zero-order valence-electron chi connectivity index (χ0n) is 13.8. The second kappa shape index (κ2) is 7.13. The molecule has 0 aliphatic rings. The molecule has 0 atom stereocenters. The fraction of sp³-hybridized carbons (Fsp3) is 0.188. The number of fused-ring (bicyclic) bond motifs is 1. The molecule has 2 aromatic heterocycles.